The van der Waals surface area contributed by atoms with Crippen LogP contribution < -0.4 is 5.32 Å². The summed E-state index contributed by atoms with van der Waals surface area (Å²) >= 11 is 0. The molecule has 0 aliphatic carbocycles. The van der Waals surface area contributed by atoms with E-state index in [0.29, 0.717) is 48.6 Å². The van der Waals surface area contributed by atoms with Crippen molar-refractivity contribution in [3.8, 4) is 0 Å². The normalized spacial score (nSPS) is 16.6. The van der Waals surface area contributed by atoms with Crippen LogP contribution in [0.2, 0.25) is 0 Å². The van der Waals surface area contributed by atoms with Gasteiger partial charge in [-0.15, -0.1) is 5.10 Å². The zero-order valence-electron chi connectivity index (χ0n) is 18.9. The predicted molar refractivity (Wildman–Crippen MR) is 118 cm³/mol. The maximum absolute atomic E-state index is 13.0. The number of benzene rings is 1. The van der Waals surface area contributed by atoms with Gasteiger partial charge < -0.3 is 10.2 Å². The quantitative estimate of drug-likeness (QED) is 0.610. The number of hydrogen-bond donors (Lipinski definition) is 1. The molecule has 180 valence electrons. The third-order valence-corrected chi connectivity index (χ3v) is 6.08. The van der Waals surface area contributed by atoms with E-state index >= 15 is 0 Å². The van der Waals surface area contributed by atoms with Crippen LogP contribution in [0.5, 0.6) is 0 Å². The molecular weight excluding hydrogens is 449 g/mol. The second-order valence-electron chi connectivity index (χ2n) is 8.44. The molecule has 0 bridgehead atoms. The van der Waals surface area contributed by atoms with Crippen molar-refractivity contribution in [1.29, 1.82) is 0 Å². The minimum atomic E-state index is -4.66. The van der Waals surface area contributed by atoms with Crippen LogP contribution in [0, 0.1) is 19.8 Å². The van der Waals surface area contributed by atoms with Gasteiger partial charge in [0.05, 0.1) is 5.92 Å². The number of anilines is 1. The molecule has 8 nitrogen and oxygen atoms in total. The van der Waals surface area contributed by atoms with E-state index in [1.165, 1.54) is 0 Å². The van der Waals surface area contributed by atoms with Crippen molar-refractivity contribution in [3.63, 3.8) is 0 Å². The Morgan fingerprint density at radius 2 is 1.88 bits per heavy atom. The lowest BCUT2D eigenvalue weighted by atomic mass is 9.96. The molecule has 1 atom stereocenters. The number of rotatable bonds is 5. The van der Waals surface area contributed by atoms with Crippen LogP contribution in [0.1, 0.15) is 42.0 Å². The number of piperidine rings is 1. The molecule has 1 fully saturated rings. The van der Waals surface area contributed by atoms with Gasteiger partial charge in [-0.3, -0.25) is 9.59 Å². The van der Waals surface area contributed by atoms with E-state index in [9.17, 15) is 22.8 Å². The smallest absolute Gasteiger partial charge is 0.342 e. The van der Waals surface area contributed by atoms with Crippen molar-refractivity contribution >= 4 is 23.3 Å². The first-order valence-electron chi connectivity index (χ1n) is 11.1. The van der Waals surface area contributed by atoms with Gasteiger partial charge in [-0.05, 0) is 50.8 Å². The molecule has 3 aromatic rings. The van der Waals surface area contributed by atoms with Crippen molar-refractivity contribution in [2.24, 2.45) is 5.92 Å². The Kier molecular flexibility index (Phi) is 6.54. The van der Waals surface area contributed by atoms with E-state index in [2.05, 4.69) is 20.4 Å². The summed E-state index contributed by atoms with van der Waals surface area (Å²) in [4.78, 5) is 34.9. The van der Waals surface area contributed by atoms with E-state index in [-0.39, 0.29) is 29.9 Å². The van der Waals surface area contributed by atoms with Gasteiger partial charge in [0.2, 0.25) is 11.8 Å². The number of likely N-dealkylation sites (tertiary alicyclic amines) is 1. The molecule has 1 aliphatic heterocycles. The van der Waals surface area contributed by atoms with Gasteiger partial charge in [-0.1, -0.05) is 18.2 Å². The van der Waals surface area contributed by atoms with E-state index in [4.69, 9.17) is 0 Å². The van der Waals surface area contributed by atoms with Crippen LogP contribution in [0.25, 0.3) is 5.78 Å². The molecule has 11 heteroatoms. The molecule has 2 amide bonds. The zero-order valence-corrected chi connectivity index (χ0v) is 18.9. The third-order valence-electron chi connectivity index (χ3n) is 6.08. The molecule has 0 radical (unpaired) electrons. The van der Waals surface area contributed by atoms with Crippen LogP contribution in [0.3, 0.4) is 0 Å². The minimum absolute atomic E-state index is 0.106. The molecule has 1 unspecified atom stereocenters. The van der Waals surface area contributed by atoms with E-state index in [1.807, 2.05) is 30.3 Å². The summed E-state index contributed by atoms with van der Waals surface area (Å²) in [5.74, 6) is -1.89. The molecule has 0 saturated carbocycles. The standard InChI is InChI=1S/C23H25F3N6O2/c1-14-18(15(2)32-22(27-14)29-21(30-32)23(24,25)26)10-11-19(33)31-12-6-7-16(13-31)20(34)28-17-8-4-3-5-9-17/h3-5,8-9,16H,6-7,10-13H2,1-2H3,(H,28,34). The number of nitrogens with zero attached hydrogens (tertiary/aromatic N) is 5. The highest BCUT2D eigenvalue weighted by Gasteiger charge is 2.37. The van der Waals surface area contributed by atoms with Crippen molar-refractivity contribution in [1.82, 2.24) is 24.5 Å². The van der Waals surface area contributed by atoms with Crippen LogP contribution in [0.4, 0.5) is 18.9 Å². The topological polar surface area (TPSA) is 92.5 Å². The Hall–Kier alpha value is -3.50. The summed E-state index contributed by atoms with van der Waals surface area (Å²) in [6, 6.07) is 9.17. The van der Waals surface area contributed by atoms with Gasteiger partial charge in [0, 0.05) is 36.6 Å². The molecule has 2 aromatic heterocycles. The fourth-order valence-electron chi connectivity index (χ4n) is 4.26. The largest absolute Gasteiger partial charge is 0.453 e. The highest BCUT2D eigenvalue weighted by Crippen LogP contribution is 2.27. The molecule has 1 saturated heterocycles. The fraction of sp³-hybridized carbons (Fsp3) is 0.435. The number of halogens is 3. The van der Waals surface area contributed by atoms with E-state index in [0.717, 1.165) is 10.9 Å². The lowest BCUT2D eigenvalue weighted by molar-refractivity contribution is -0.144. The van der Waals surface area contributed by atoms with Gasteiger partial charge in [0.15, 0.2) is 0 Å². The number of carbonyl (C=O) groups excluding carboxylic acids is 2. The van der Waals surface area contributed by atoms with E-state index in [1.54, 1.807) is 18.7 Å². The monoisotopic (exact) mass is 474 g/mol. The third kappa shape index (κ3) is 5.02. The molecule has 3 heterocycles. The molecule has 0 spiro atoms. The highest BCUT2D eigenvalue weighted by atomic mass is 19.4. The number of nitrogens with one attached hydrogen (secondary N) is 1. The van der Waals surface area contributed by atoms with Crippen molar-refractivity contribution in [3.05, 3.63) is 53.1 Å². The van der Waals surface area contributed by atoms with Crippen LogP contribution >= 0.6 is 0 Å². The first-order valence-corrected chi connectivity index (χ1v) is 11.1. The molecule has 1 aromatic carbocycles. The number of alkyl halides is 3. The number of fused-ring (bicyclic) bond motifs is 1. The summed E-state index contributed by atoms with van der Waals surface area (Å²) in [6.45, 7) is 4.23. The molecule has 4 rings (SSSR count). The molecule has 1 aliphatic rings. The predicted octanol–water partition coefficient (Wildman–Crippen LogP) is 3.57. The highest BCUT2D eigenvalue weighted by molar-refractivity contribution is 5.93. The zero-order chi connectivity index (χ0) is 24.5. The Balaban J connectivity index is 1.41. The van der Waals surface area contributed by atoms with Crippen molar-refractivity contribution in [2.45, 2.75) is 45.7 Å². The number of amides is 2. The lowest BCUT2D eigenvalue weighted by Gasteiger charge is -2.32. The second-order valence-corrected chi connectivity index (χ2v) is 8.44. The van der Waals surface area contributed by atoms with Gasteiger partial charge >= 0.3 is 6.18 Å². The van der Waals surface area contributed by atoms with Crippen molar-refractivity contribution < 1.29 is 22.8 Å². The van der Waals surface area contributed by atoms with Crippen molar-refractivity contribution in [2.75, 3.05) is 18.4 Å². The maximum Gasteiger partial charge on any atom is 0.453 e. The Morgan fingerprint density at radius 3 is 2.59 bits per heavy atom. The second kappa shape index (κ2) is 9.40. The SMILES string of the molecule is Cc1nc2nc(C(F)(F)F)nn2c(C)c1CCC(=O)N1CCCC(C(=O)Nc2ccccc2)C1. The maximum atomic E-state index is 13.0. The summed E-state index contributed by atoms with van der Waals surface area (Å²) in [5, 5.41) is 6.44. The van der Waals surface area contributed by atoms with Gasteiger partial charge in [0.1, 0.15) is 0 Å². The summed E-state index contributed by atoms with van der Waals surface area (Å²) in [7, 11) is 0. The van der Waals surface area contributed by atoms with Crippen LogP contribution in [-0.2, 0) is 22.2 Å². The first-order chi connectivity index (χ1) is 16.1. The number of aryl methyl sites for hydroxylation is 2. The Morgan fingerprint density at radius 1 is 1.15 bits per heavy atom. The average Bonchev–Trinajstić information content (AvgIpc) is 3.24. The number of hydrogen-bond acceptors (Lipinski definition) is 5. The van der Waals surface area contributed by atoms with E-state index < -0.39 is 12.0 Å². The lowest BCUT2D eigenvalue weighted by Crippen LogP contribution is -2.43. The molecule has 34 heavy (non-hydrogen) atoms. The van der Waals surface area contributed by atoms with Gasteiger partial charge in [-0.25, -0.2) is 9.50 Å². The first kappa shape index (κ1) is 23.7. The molecular formula is C23H25F3N6O2. The number of aromatic nitrogens is 4. The minimum Gasteiger partial charge on any atom is -0.342 e. The van der Waals surface area contributed by atoms with Gasteiger partial charge in [0.25, 0.3) is 11.6 Å². The average molecular weight is 474 g/mol. The van der Waals surface area contributed by atoms with Crippen LogP contribution in [0.15, 0.2) is 30.3 Å². The van der Waals surface area contributed by atoms with Gasteiger partial charge in [-0.2, -0.15) is 18.2 Å². The summed E-state index contributed by atoms with van der Waals surface area (Å²) < 4.78 is 40.0. The molecule has 1 N–H and O–H groups in total. The van der Waals surface area contributed by atoms with Crippen LogP contribution in [-0.4, -0.2) is 49.4 Å². The Bertz CT molecular complexity index is 1210. The number of carbonyl (C=O) groups is 2. The summed E-state index contributed by atoms with van der Waals surface area (Å²) in [6.07, 6.45) is -2.78. The summed E-state index contributed by atoms with van der Waals surface area (Å²) in [5.41, 5.74) is 2.36. The number of para-hydroxylation sites is 1. The Labute approximate surface area is 194 Å². The fourth-order valence-corrected chi connectivity index (χ4v) is 4.26.